The van der Waals surface area contributed by atoms with Crippen molar-refractivity contribution < 1.29 is 22.7 Å². The van der Waals surface area contributed by atoms with Crippen molar-refractivity contribution in [3.05, 3.63) is 17.6 Å². The van der Waals surface area contributed by atoms with E-state index in [0.29, 0.717) is 55.5 Å². The molecule has 0 N–H and O–H groups in total. The van der Waals surface area contributed by atoms with Crippen LogP contribution >= 0.6 is 0 Å². The van der Waals surface area contributed by atoms with E-state index in [1.54, 1.807) is 6.92 Å². The number of halogens is 3. The Hall–Kier alpha value is -1.86. The van der Waals surface area contributed by atoms with Gasteiger partial charge in [-0.05, 0) is 37.5 Å². The standard InChI is InChI=1S/C18H22F3N3O2/c1-2-26-16(25)6-11-12-8-24(9-13(11)12)15-7-14(18(19,20)21)22-17(23-15)10-4-3-5-10/h7,10-13H,2-6,8-9H2,1H3/t11?,12-,13+. The van der Waals surface area contributed by atoms with Crippen LogP contribution in [0.1, 0.15) is 50.0 Å². The smallest absolute Gasteiger partial charge is 0.433 e. The maximum atomic E-state index is 13.2. The van der Waals surface area contributed by atoms with E-state index in [-0.39, 0.29) is 11.9 Å². The highest BCUT2D eigenvalue weighted by Crippen LogP contribution is 2.54. The lowest BCUT2D eigenvalue weighted by molar-refractivity contribution is -0.144. The molecule has 2 aliphatic carbocycles. The lowest BCUT2D eigenvalue weighted by Gasteiger charge is -2.27. The van der Waals surface area contributed by atoms with E-state index in [0.717, 1.165) is 25.3 Å². The van der Waals surface area contributed by atoms with Gasteiger partial charge in [-0.2, -0.15) is 13.2 Å². The first-order chi connectivity index (χ1) is 12.4. The third kappa shape index (κ3) is 3.25. The quantitative estimate of drug-likeness (QED) is 0.745. The van der Waals surface area contributed by atoms with Crippen molar-refractivity contribution in [2.45, 2.75) is 44.7 Å². The van der Waals surface area contributed by atoms with E-state index in [1.165, 1.54) is 0 Å². The minimum absolute atomic E-state index is 0.0461. The molecule has 1 aromatic rings. The summed E-state index contributed by atoms with van der Waals surface area (Å²) in [6.07, 6.45) is -1.34. The number of alkyl halides is 3. The molecule has 1 unspecified atom stereocenters. The number of hydrogen-bond donors (Lipinski definition) is 0. The Labute approximate surface area is 149 Å². The molecule has 8 heteroatoms. The monoisotopic (exact) mass is 369 g/mol. The molecule has 5 nitrogen and oxygen atoms in total. The van der Waals surface area contributed by atoms with Crippen molar-refractivity contribution in [1.29, 1.82) is 0 Å². The van der Waals surface area contributed by atoms with Gasteiger partial charge in [0.15, 0.2) is 0 Å². The molecular weight excluding hydrogens is 347 g/mol. The van der Waals surface area contributed by atoms with Crippen molar-refractivity contribution in [3.8, 4) is 0 Å². The predicted molar refractivity (Wildman–Crippen MR) is 87.6 cm³/mol. The fraction of sp³-hybridized carbons (Fsp3) is 0.722. The summed E-state index contributed by atoms with van der Waals surface area (Å²) in [5, 5.41) is 0. The largest absolute Gasteiger partial charge is 0.466 e. The zero-order valence-corrected chi connectivity index (χ0v) is 14.6. The summed E-state index contributed by atoms with van der Waals surface area (Å²) >= 11 is 0. The van der Waals surface area contributed by atoms with Crippen molar-refractivity contribution in [1.82, 2.24) is 9.97 Å². The van der Waals surface area contributed by atoms with Gasteiger partial charge in [-0.1, -0.05) is 6.42 Å². The third-order valence-electron chi connectivity index (χ3n) is 5.89. The number of carbonyl (C=O) groups is 1. The highest BCUT2D eigenvalue weighted by Gasteiger charge is 2.56. The minimum atomic E-state index is -4.47. The lowest BCUT2D eigenvalue weighted by atomic mass is 9.85. The van der Waals surface area contributed by atoms with Gasteiger partial charge in [0.2, 0.25) is 0 Å². The van der Waals surface area contributed by atoms with Crippen LogP contribution in [0.4, 0.5) is 19.0 Å². The second-order valence-corrected chi connectivity index (χ2v) is 7.50. The first-order valence-corrected chi connectivity index (χ1v) is 9.23. The van der Waals surface area contributed by atoms with Gasteiger partial charge < -0.3 is 9.64 Å². The zero-order valence-electron chi connectivity index (χ0n) is 14.6. The van der Waals surface area contributed by atoms with Crippen LogP contribution in [0.2, 0.25) is 0 Å². The predicted octanol–water partition coefficient (Wildman–Crippen LogP) is 3.40. The molecule has 26 heavy (non-hydrogen) atoms. The summed E-state index contributed by atoms with van der Waals surface area (Å²) in [7, 11) is 0. The molecule has 3 fully saturated rings. The summed E-state index contributed by atoms with van der Waals surface area (Å²) in [4.78, 5) is 21.7. The molecule has 4 rings (SSSR count). The molecule has 1 aliphatic heterocycles. The zero-order chi connectivity index (χ0) is 18.5. The summed E-state index contributed by atoms with van der Waals surface area (Å²) < 4.78 is 44.7. The average molecular weight is 369 g/mol. The Kier molecular flexibility index (Phi) is 4.31. The summed E-state index contributed by atoms with van der Waals surface area (Å²) in [5.74, 6) is 1.53. The van der Waals surface area contributed by atoms with Gasteiger partial charge >= 0.3 is 12.1 Å². The summed E-state index contributed by atoms with van der Waals surface area (Å²) in [6.45, 7) is 3.44. The number of nitrogens with zero attached hydrogens (tertiary/aromatic N) is 3. The highest BCUT2D eigenvalue weighted by atomic mass is 19.4. The molecule has 1 saturated heterocycles. The summed E-state index contributed by atoms with van der Waals surface area (Å²) in [5.41, 5.74) is -0.854. The number of aromatic nitrogens is 2. The number of ether oxygens (including phenoxy) is 1. The van der Waals surface area contributed by atoms with Crippen molar-refractivity contribution in [2.24, 2.45) is 17.8 Å². The van der Waals surface area contributed by atoms with Gasteiger partial charge in [0.25, 0.3) is 0 Å². The van der Waals surface area contributed by atoms with Crippen LogP contribution in [-0.4, -0.2) is 35.6 Å². The van der Waals surface area contributed by atoms with Crippen LogP contribution < -0.4 is 4.90 Å². The van der Waals surface area contributed by atoms with Gasteiger partial charge in [-0.3, -0.25) is 4.79 Å². The van der Waals surface area contributed by atoms with E-state index in [2.05, 4.69) is 9.97 Å². The second kappa shape index (κ2) is 6.39. The molecule has 0 radical (unpaired) electrons. The van der Waals surface area contributed by atoms with Gasteiger partial charge in [-0.15, -0.1) is 0 Å². The molecule has 2 saturated carbocycles. The van der Waals surface area contributed by atoms with Gasteiger partial charge in [-0.25, -0.2) is 9.97 Å². The van der Waals surface area contributed by atoms with Gasteiger partial charge in [0.1, 0.15) is 17.3 Å². The molecule has 3 aliphatic rings. The van der Waals surface area contributed by atoms with Crippen LogP contribution in [0, 0.1) is 17.8 Å². The van der Waals surface area contributed by atoms with E-state index >= 15 is 0 Å². The Morgan fingerprint density at radius 1 is 1.27 bits per heavy atom. The van der Waals surface area contributed by atoms with E-state index in [4.69, 9.17) is 4.74 Å². The number of esters is 1. The van der Waals surface area contributed by atoms with Crippen LogP contribution in [0.3, 0.4) is 0 Å². The molecule has 0 amide bonds. The lowest BCUT2D eigenvalue weighted by Crippen LogP contribution is -2.28. The van der Waals surface area contributed by atoms with Gasteiger partial charge in [0, 0.05) is 31.5 Å². The average Bonchev–Trinajstić information content (AvgIpc) is 2.96. The van der Waals surface area contributed by atoms with Crippen LogP contribution in [-0.2, 0) is 15.7 Å². The van der Waals surface area contributed by atoms with Gasteiger partial charge in [0.05, 0.1) is 6.61 Å². The number of piperidine rings is 1. The first-order valence-electron chi connectivity index (χ1n) is 9.23. The maximum Gasteiger partial charge on any atom is 0.433 e. The third-order valence-corrected chi connectivity index (χ3v) is 5.89. The van der Waals surface area contributed by atoms with Crippen LogP contribution in [0.25, 0.3) is 0 Å². The van der Waals surface area contributed by atoms with Crippen LogP contribution in [0.5, 0.6) is 0 Å². The molecule has 0 spiro atoms. The number of carbonyl (C=O) groups excluding carboxylic acids is 1. The maximum absolute atomic E-state index is 13.2. The summed E-state index contributed by atoms with van der Waals surface area (Å²) in [6, 6.07) is 1.06. The fourth-order valence-corrected chi connectivity index (χ4v) is 4.16. The number of anilines is 1. The molecule has 0 aromatic carbocycles. The molecule has 0 bridgehead atoms. The Balaban J connectivity index is 1.47. The normalized spacial score (nSPS) is 27.8. The number of rotatable bonds is 5. The molecular formula is C18H22F3N3O2. The Morgan fingerprint density at radius 2 is 1.96 bits per heavy atom. The molecule has 1 aromatic heterocycles. The SMILES string of the molecule is CCOC(=O)CC1[C@H]2CN(c3cc(C(F)(F)F)nc(C4CCC4)n3)C[C@@H]12. The molecule has 142 valence electrons. The Morgan fingerprint density at radius 3 is 2.50 bits per heavy atom. The Bertz CT molecular complexity index is 693. The van der Waals surface area contributed by atoms with E-state index in [9.17, 15) is 18.0 Å². The van der Waals surface area contributed by atoms with Crippen molar-refractivity contribution in [2.75, 3.05) is 24.6 Å². The molecule has 3 atom stereocenters. The number of hydrogen-bond acceptors (Lipinski definition) is 5. The topological polar surface area (TPSA) is 55.3 Å². The molecule has 2 heterocycles. The van der Waals surface area contributed by atoms with E-state index < -0.39 is 11.9 Å². The minimum Gasteiger partial charge on any atom is -0.466 e. The highest BCUT2D eigenvalue weighted by molar-refractivity contribution is 5.70. The van der Waals surface area contributed by atoms with Crippen molar-refractivity contribution in [3.63, 3.8) is 0 Å². The number of fused-ring (bicyclic) bond motifs is 1. The second-order valence-electron chi connectivity index (χ2n) is 7.50. The fourth-order valence-electron chi connectivity index (χ4n) is 4.16. The first kappa shape index (κ1) is 17.5. The van der Waals surface area contributed by atoms with Crippen LogP contribution in [0.15, 0.2) is 6.07 Å². The van der Waals surface area contributed by atoms with E-state index in [1.807, 2.05) is 4.90 Å². The van der Waals surface area contributed by atoms with Crippen molar-refractivity contribution >= 4 is 11.8 Å².